The zero-order valence-electron chi connectivity index (χ0n) is 28.4. The van der Waals surface area contributed by atoms with Gasteiger partial charge in [-0.2, -0.15) is 29.8 Å². The highest BCUT2D eigenvalue weighted by Crippen LogP contribution is 2.39. The lowest BCUT2D eigenvalue weighted by Gasteiger charge is -2.06. The average molecular weight is 727 g/mol. The Hall–Kier alpha value is -8.17. The summed E-state index contributed by atoms with van der Waals surface area (Å²) in [7, 11) is 4.37. The second-order valence-corrected chi connectivity index (χ2v) is 11.0. The van der Waals surface area contributed by atoms with Gasteiger partial charge in [-0.1, -0.05) is 12.1 Å². The summed E-state index contributed by atoms with van der Waals surface area (Å²) in [5, 5.41) is 34.6. The number of hydrogen-bond donors (Lipinski definition) is 2. The molecule has 7 rings (SSSR count). The van der Waals surface area contributed by atoms with Crippen LogP contribution < -0.4 is 11.5 Å². The number of methoxy groups -OCH3 is 1. The van der Waals surface area contributed by atoms with Crippen LogP contribution in [0.25, 0.3) is 34.4 Å². The molecule has 4 N–H and O–H groups in total. The smallest absolute Gasteiger partial charge is 0.343 e. The van der Waals surface area contributed by atoms with E-state index in [2.05, 4.69) is 60.8 Å². The summed E-state index contributed by atoms with van der Waals surface area (Å²) in [5.74, 6) is -0.986. The quantitative estimate of drug-likeness (QED) is 0.0633. The van der Waals surface area contributed by atoms with Crippen molar-refractivity contribution in [2.75, 3.05) is 18.6 Å². The molecule has 7 heterocycles. The number of rotatable bonds is 11. The first kappa shape index (κ1) is 34.3. The predicted molar refractivity (Wildman–Crippen MR) is 188 cm³/mol. The molecule has 0 fully saturated rings. The molecular weight excluding hydrogens is 700 g/mol. The van der Waals surface area contributed by atoms with E-state index >= 15 is 0 Å². The van der Waals surface area contributed by atoms with E-state index in [4.69, 9.17) is 16.2 Å². The number of carbonyl (C=O) groups is 3. The number of aromatic nitrogens is 12. The maximum atomic E-state index is 12.3. The summed E-state index contributed by atoms with van der Waals surface area (Å²) in [6.45, 7) is 0. The monoisotopic (exact) mass is 726 g/mol. The van der Waals surface area contributed by atoms with Gasteiger partial charge in [-0.3, -0.25) is 19.6 Å². The predicted octanol–water partition coefficient (Wildman–Crippen LogP) is 3.60. The topological polar surface area (TPSA) is 285 Å². The molecule has 22 nitrogen and oxygen atoms in total. The van der Waals surface area contributed by atoms with E-state index in [1.165, 1.54) is 57.7 Å². The number of azo groups is 2. The van der Waals surface area contributed by atoms with Crippen molar-refractivity contribution >= 4 is 52.7 Å². The molecule has 0 unspecified atom stereocenters. The number of esters is 1. The van der Waals surface area contributed by atoms with Crippen molar-refractivity contribution in [2.24, 2.45) is 34.6 Å². The molecule has 0 radical (unpaired) electrons. The molecule has 0 saturated carbocycles. The van der Waals surface area contributed by atoms with E-state index in [0.29, 0.717) is 11.4 Å². The zero-order valence-corrected chi connectivity index (χ0v) is 28.4. The maximum Gasteiger partial charge on any atom is 0.343 e. The van der Waals surface area contributed by atoms with Gasteiger partial charge in [0.2, 0.25) is 5.78 Å². The van der Waals surface area contributed by atoms with Crippen LogP contribution in [0.2, 0.25) is 0 Å². The summed E-state index contributed by atoms with van der Waals surface area (Å²) < 4.78 is 10.1. The number of ether oxygens (including phenoxy) is 1. The molecule has 0 bridgehead atoms. The van der Waals surface area contributed by atoms with Gasteiger partial charge < -0.3 is 16.2 Å². The number of aryl methyl sites for hydroxylation is 2. The molecule has 268 valence electrons. The molecule has 0 aliphatic carbocycles. The Balaban J connectivity index is 1.33. The third-order valence-corrected chi connectivity index (χ3v) is 7.76. The van der Waals surface area contributed by atoms with Crippen molar-refractivity contribution in [3.8, 4) is 34.4 Å². The van der Waals surface area contributed by atoms with Gasteiger partial charge >= 0.3 is 5.97 Å². The van der Waals surface area contributed by atoms with Gasteiger partial charge in [0.25, 0.3) is 0 Å². The highest BCUT2D eigenvalue weighted by atomic mass is 16.5. The number of nitrogens with zero attached hydrogens (tertiary/aromatic N) is 16. The van der Waals surface area contributed by atoms with E-state index in [1.807, 2.05) is 0 Å². The molecule has 54 heavy (non-hydrogen) atoms. The van der Waals surface area contributed by atoms with Gasteiger partial charge in [-0.25, -0.2) is 24.1 Å². The van der Waals surface area contributed by atoms with Gasteiger partial charge in [0.1, 0.15) is 23.3 Å². The van der Waals surface area contributed by atoms with Crippen LogP contribution in [0.4, 0.5) is 34.6 Å². The summed E-state index contributed by atoms with van der Waals surface area (Å²) >= 11 is 0. The first-order valence-electron chi connectivity index (χ1n) is 15.6. The second kappa shape index (κ2) is 14.2. The van der Waals surface area contributed by atoms with E-state index in [0.717, 1.165) is 0 Å². The summed E-state index contributed by atoms with van der Waals surface area (Å²) in [4.78, 5) is 53.3. The normalized spacial score (nSPS) is 11.5. The van der Waals surface area contributed by atoms with Crippen molar-refractivity contribution in [1.29, 1.82) is 0 Å². The number of hydrogen-bond acceptors (Lipinski definition) is 18. The third-order valence-electron chi connectivity index (χ3n) is 7.76. The number of pyridine rings is 2. The molecule has 22 heteroatoms. The van der Waals surface area contributed by atoms with Crippen LogP contribution in [-0.4, -0.2) is 84.2 Å². The number of nitrogen functional groups attached to an aromatic ring is 2. The first-order chi connectivity index (χ1) is 26.2. The summed E-state index contributed by atoms with van der Waals surface area (Å²) in [6, 6.07) is 11.9. The van der Waals surface area contributed by atoms with Crippen LogP contribution in [0, 0.1) is 0 Å². The Morgan fingerprint density at radius 1 is 0.722 bits per heavy atom. The number of anilines is 2. The van der Waals surface area contributed by atoms with Crippen molar-refractivity contribution in [3.63, 3.8) is 0 Å². The lowest BCUT2D eigenvalue weighted by atomic mass is 10.2. The molecule has 0 aliphatic rings. The third kappa shape index (κ3) is 6.21. The van der Waals surface area contributed by atoms with E-state index < -0.39 is 11.8 Å². The lowest BCUT2D eigenvalue weighted by Crippen LogP contribution is -2.09. The molecule has 0 aliphatic heterocycles. The van der Waals surface area contributed by atoms with Crippen LogP contribution in [0.1, 0.15) is 20.7 Å². The average Bonchev–Trinajstić information content (AvgIpc) is 3.95. The molecule has 7 aromatic heterocycles. The van der Waals surface area contributed by atoms with Crippen LogP contribution >= 0.6 is 0 Å². The number of aldehydes is 1. The Bertz CT molecular complexity index is 2600. The summed E-state index contributed by atoms with van der Waals surface area (Å²) in [6.07, 6.45) is 7.08. The van der Waals surface area contributed by atoms with E-state index in [9.17, 15) is 14.4 Å². The van der Waals surface area contributed by atoms with E-state index in [-0.39, 0.29) is 75.1 Å². The van der Waals surface area contributed by atoms with Gasteiger partial charge in [-0.05, 0) is 24.3 Å². The SMILES string of the molecule is COC(=O)c1cnn(C)c1/N=N/c1c(-c2ccccn2)nn(-c2cc(-n3nc(-c4ccccn4)c(/N=N/c4c(C(=O)C=O)cnn4C)c3N)ncn2)c1N. The minimum Gasteiger partial charge on any atom is -0.465 e. The van der Waals surface area contributed by atoms with Crippen molar-refractivity contribution in [2.45, 2.75) is 0 Å². The Morgan fingerprint density at radius 2 is 1.22 bits per heavy atom. The molecule has 0 aromatic carbocycles. The lowest BCUT2D eigenvalue weighted by molar-refractivity contribution is -0.104. The maximum absolute atomic E-state index is 12.3. The highest BCUT2D eigenvalue weighted by molar-refractivity contribution is 6.34. The van der Waals surface area contributed by atoms with Gasteiger partial charge in [-0.15, -0.1) is 20.5 Å². The summed E-state index contributed by atoms with van der Waals surface area (Å²) in [5.41, 5.74) is 14.8. The van der Waals surface area contributed by atoms with Crippen LogP contribution in [0.5, 0.6) is 0 Å². The fourth-order valence-electron chi connectivity index (χ4n) is 5.10. The van der Waals surface area contributed by atoms with Gasteiger partial charge in [0.05, 0.1) is 36.5 Å². The minimum absolute atomic E-state index is 0.0100. The van der Waals surface area contributed by atoms with Crippen LogP contribution in [0.15, 0.2) is 94.0 Å². The highest BCUT2D eigenvalue weighted by Gasteiger charge is 2.25. The standard InChI is InChI=1S/C32H26N18O4/c1-47-30(17(13-39-47)21(52)15-51)43-41-26-24(19-8-4-6-10-35-19)45-49(28(26)33)22-12-23(38-16-37-22)50-29(34)27(25(46-50)20-9-5-7-11-36-20)42-44-31-18(32(53)54-3)14-40-48(31)2/h4-16H,33-34H2,1-3H3/b43-41+,44-42+. The van der Waals surface area contributed by atoms with Crippen molar-refractivity contribution in [1.82, 2.24) is 59.1 Å². The molecular formula is C32H26N18O4. The largest absolute Gasteiger partial charge is 0.465 e. The number of nitrogens with two attached hydrogens (primary N) is 2. The Morgan fingerprint density at radius 3 is 1.69 bits per heavy atom. The van der Waals surface area contributed by atoms with E-state index in [1.54, 1.807) is 55.8 Å². The first-order valence-corrected chi connectivity index (χ1v) is 15.6. The van der Waals surface area contributed by atoms with Gasteiger partial charge in [0, 0.05) is 32.6 Å². The fraction of sp³-hybridized carbons (Fsp3) is 0.0938. The molecule has 0 amide bonds. The molecule has 0 saturated heterocycles. The Labute approximate surface area is 302 Å². The van der Waals surface area contributed by atoms with Crippen molar-refractivity contribution in [3.05, 3.63) is 84.7 Å². The van der Waals surface area contributed by atoms with Crippen LogP contribution in [-0.2, 0) is 23.6 Å². The van der Waals surface area contributed by atoms with Crippen LogP contribution in [0.3, 0.4) is 0 Å². The van der Waals surface area contributed by atoms with Crippen molar-refractivity contribution < 1.29 is 19.1 Å². The molecule has 0 atom stereocenters. The Kier molecular flexibility index (Phi) is 9.03. The van der Waals surface area contributed by atoms with Gasteiger partial charge in [0.15, 0.2) is 52.6 Å². The number of carbonyl (C=O) groups excluding carboxylic acids is 3. The zero-order chi connectivity index (χ0) is 37.9. The molecule has 0 spiro atoms. The second-order valence-electron chi connectivity index (χ2n) is 11.0. The number of ketones is 1. The minimum atomic E-state index is -0.823. The molecule has 7 aromatic rings. The fourth-order valence-corrected chi connectivity index (χ4v) is 5.10. The number of Topliss-reactive ketones (excluding diaryl/α,β-unsaturated/α-hetero) is 1.